The first-order valence-electron chi connectivity index (χ1n) is 6.38. The van der Waals surface area contributed by atoms with Crippen LogP contribution in [-0.4, -0.2) is 30.5 Å². The highest BCUT2D eigenvalue weighted by Gasteiger charge is 2.23. The summed E-state index contributed by atoms with van der Waals surface area (Å²) in [6.07, 6.45) is 1.93. The van der Waals surface area contributed by atoms with E-state index in [4.69, 9.17) is 5.90 Å². The lowest BCUT2D eigenvalue weighted by Crippen LogP contribution is -2.39. The fraction of sp³-hybridized carbons (Fsp3) is 0.500. The van der Waals surface area contributed by atoms with Gasteiger partial charge in [0, 0.05) is 18.7 Å². The fourth-order valence-corrected chi connectivity index (χ4v) is 2.32. The Balaban J connectivity index is 1.93. The van der Waals surface area contributed by atoms with Gasteiger partial charge in [0.25, 0.3) is 5.91 Å². The molecule has 0 radical (unpaired) electrons. The summed E-state index contributed by atoms with van der Waals surface area (Å²) in [5.41, 5.74) is 1.94. The Kier molecular flexibility index (Phi) is 4.33. The van der Waals surface area contributed by atoms with Crippen molar-refractivity contribution < 1.29 is 9.63 Å². The number of hydrogen-bond donors (Lipinski definition) is 1. The van der Waals surface area contributed by atoms with Crippen molar-refractivity contribution in [3.63, 3.8) is 0 Å². The molecule has 1 aromatic rings. The number of piperidine rings is 1. The molecule has 0 bridgehead atoms. The number of carbonyl (C=O) groups excluding carboxylic acids is 1. The lowest BCUT2D eigenvalue weighted by atomic mass is 9.97. The first-order valence-corrected chi connectivity index (χ1v) is 6.38. The Morgan fingerprint density at radius 1 is 1.33 bits per heavy atom. The van der Waals surface area contributed by atoms with Gasteiger partial charge < -0.3 is 9.74 Å². The van der Waals surface area contributed by atoms with Crippen LogP contribution in [0.15, 0.2) is 24.3 Å². The minimum Gasteiger partial charge on any atom is -0.339 e. The van der Waals surface area contributed by atoms with Gasteiger partial charge in [-0.05, 0) is 37.8 Å². The molecular formula is C14H20N2O2. The molecule has 1 saturated heterocycles. The Bertz CT molecular complexity index is 395. The van der Waals surface area contributed by atoms with E-state index >= 15 is 0 Å². The van der Waals surface area contributed by atoms with Crippen molar-refractivity contribution >= 4 is 5.91 Å². The van der Waals surface area contributed by atoms with Gasteiger partial charge >= 0.3 is 0 Å². The third-order valence-electron chi connectivity index (χ3n) is 3.53. The monoisotopic (exact) mass is 248 g/mol. The van der Waals surface area contributed by atoms with E-state index in [1.54, 1.807) is 0 Å². The van der Waals surface area contributed by atoms with Crippen LogP contribution in [0.5, 0.6) is 0 Å². The van der Waals surface area contributed by atoms with E-state index in [0.717, 1.165) is 31.5 Å². The largest absolute Gasteiger partial charge is 0.339 e. The van der Waals surface area contributed by atoms with Gasteiger partial charge in [0.1, 0.15) is 0 Å². The molecule has 1 fully saturated rings. The quantitative estimate of drug-likeness (QED) is 0.829. The first-order chi connectivity index (χ1) is 8.70. The van der Waals surface area contributed by atoms with Crippen molar-refractivity contribution in [1.29, 1.82) is 0 Å². The zero-order chi connectivity index (χ0) is 13.0. The molecule has 4 nitrogen and oxygen atoms in total. The van der Waals surface area contributed by atoms with E-state index in [1.165, 1.54) is 5.56 Å². The molecule has 0 aromatic heterocycles. The summed E-state index contributed by atoms with van der Waals surface area (Å²) in [6, 6.07) is 7.74. The highest BCUT2D eigenvalue weighted by molar-refractivity contribution is 5.94. The number of aryl methyl sites for hydroxylation is 1. The van der Waals surface area contributed by atoms with Crippen LogP contribution in [0.1, 0.15) is 28.8 Å². The summed E-state index contributed by atoms with van der Waals surface area (Å²) in [4.78, 5) is 18.8. The van der Waals surface area contributed by atoms with E-state index in [2.05, 4.69) is 4.84 Å². The summed E-state index contributed by atoms with van der Waals surface area (Å²) >= 11 is 0. The van der Waals surface area contributed by atoms with Gasteiger partial charge in [0.2, 0.25) is 0 Å². The Labute approximate surface area is 108 Å². The van der Waals surface area contributed by atoms with Crippen molar-refractivity contribution in [3.05, 3.63) is 35.4 Å². The summed E-state index contributed by atoms with van der Waals surface area (Å²) in [5, 5.41) is 0. The number of nitrogens with two attached hydrogens (primary N) is 1. The van der Waals surface area contributed by atoms with Gasteiger partial charge in [-0.1, -0.05) is 17.7 Å². The average molecular weight is 248 g/mol. The standard InChI is InChI=1S/C14H20N2O2/c1-11-2-4-13(5-3-11)14(17)16-8-6-12(7-9-16)10-18-15/h2-5,12H,6-10,15H2,1H3. The molecule has 2 rings (SSSR count). The minimum absolute atomic E-state index is 0.127. The molecule has 4 heteroatoms. The van der Waals surface area contributed by atoms with Crippen LogP contribution in [0.2, 0.25) is 0 Å². The van der Waals surface area contributed by atoms with Crippen LogP contribution in [0, 0.1) is 12.8 Å². The van der Waals surface area contributed by atoms with Crippen LogP contribution in [0.25, 0.3) is 0 Å². The number of nitrogens with zero attached hydrogens (tertiary/aromatic N) is 1. The lowest BCUT2D eigenvalue weighted by molar-refractivity contribution is 0.0525. The molecule has 0 unspecified atom stereocenters. The van der Waals surface area contributed by atoms with Crippen LogP contribution in [0.3, 0.4) is 0 Å². The number of rotatable bonds is 3. The third kappa shape index (κ3) is 3.09. The van der Waals surface area contributed by atoms with Crippen molar-refractivity contribution in [1.82, 2.24) is 4.90 Å². The SMILES string of the molecule is Cc1ccc(C(=O)N2CCC(CON)CC2)cc1. The topological polar surface area (TPSA) is 55.6 Å². The maximum atomic E-state index is 12.2. The van der Waals surface area contributed by atoms with Crippen molar-refractivity contribution in [2.75, 3.05) is 19.7 Å². The zero-order valence-corrected chi connectivity index (χ0v) is 10.8. The highest BCUT2D eigenvalue weighted by atomic mass is 16.6. The normalized spacial score (nSPS) is 16.9. The van der Waals surface area contributed by atoms with Crippen LogP contribution >= 0.6 is 0 Å². The molecule has 1 aliphatic heterocycles. The van der Waals surface area contributed by atoms with Crippen LogP contribution < -0.4 is 5.90 Å². The average Bonchev–Trinajstić information content (AvgIpc) is 2.40. The molecule has 0 aliphatic carbocycles. The molecule has 1 heterocycles. The van der Waals surface area contributed by atoms with Crippen molar-refractivity contribution in [3.8, 4) is 0 Å². The lowest BCUT2D eigenvalue weighted by Gasteiger charge is -2.31. The molecule has 1 aliphatic rings. The van der Waals surface area contributed by atoms with Gasteiger partial charge in [-0.15, -0.1) is 0 Å². The Morgan fingerprint density at radius 2 is 1.94 bits per heavy atom. The van der Waals surface area contributed by atoms with Gasteiger partial charge in [-0.25, -0.2) is 5.90 Å². The summed E-state index contributed by atoms with van der Waals surface area (Å²) < 4.78 is 0. The minimum atomic E-state index is 0.127. The van der Waals surface area contributed by atoms with Gasteiger partial charge in [-0.3, -0.25) is 4.79 Å². The smallest absolute Gasteiger partial charge is 0.253 e. The van der Waals surface area contributed by atoms with E-state index in [9.17, 15) is 4.79 Å². The van der Waals surface area contributed by atoms with Gasteiger partial charge in [0.15, 0.2) is 0 Å². The summed E-state index contributed by atoms with van der Waals surface area (Å²) in [6.45, 7) is 4.20. The van der Waals surface area contributed by atoms with Crippen LogP contribution in [-0.2, 0) is 4.84 Å². The van der Waals surface area contributed by atoms with Crippen molar-refractivity contribution in [2.24, 2.45) is 11.8 Å². The molecule has 1 aromatic carbocycles. The molecule has 2 N–H and O–H groups in total. The maximum absolute atomic E-state index is 12.2. The molecular weight excluding hydrogens is 228 g/mol. The van der Waals surface area contributed by atoms with E-state index < -0.39 is 0 Å². The third-order valence-corrected chi connectivity index (χ3v) is 3.53. The number of amides is 1. The summed E-state index contributed by atoms with van der Waals surface area (Å²) in [7, 11) is 0. The molecule has 18 heavy (non-hydrogen) atoms. The fourth-order valence-electron chi connectivity index (χ4n) is 2.32. The maximum Gasteiger partial charge on any atom is 0.253 e. The zero-order valence-electron chi connectivity index (χ0n) is 10.8. The second kappa shape index (κ2) is 5.98. The second-order valence-electron chi connectivity index (χ2n) is 4.93. The van der Waals surface area contributed by atoms with Gasteiger partial charge in [0.05, 0.1) is 6.61 Å². The van der Waals surface area contributed by atoms with Gasteiger partial charge in [-0.2, -0.15) is 0 Å². The Morgan fingerprint density at radius 3 is 2.50 bits per heavy atom. The molecule has 0 atom stereocenters. The molecule has 98 valence electrons. The second-order valence-corrected chi connectivity index (χ2v) is 4.93. The molecule has 1 amide bonds. The van der Waals surface area contributed by atoms with E-state index in [1.807, 2.05) is 36.1 Å². The predicted molar refractivity (Wildman–Crippen MR) is 69.9 cm³/mol. The number of carbonyl (C=O) groups is 1. The summed E-state index contributed by atoms with van der Waals surface area (Å²) in [5.74, 6) is 5.69. The number of benzene rings is 1. The van der Waals surface area contributed by atoms with Crippen molar-refractivity contribution in [2.45, 2.75) is 19.8 Å². The predicted octanol–water partition coefficient (Wildman–Crippen LogP) is 1.74. The molecule has 0 spiro atoms. The molecule has 0 saturated carbocycles. The van der Waals surface area contributed by atoms with E-state index in [-0.39, 0.29) is 5.91 Å². The highest BCUT2D eigenvalue weighted by Crippen LogP contribution is 2.19. The Hall–Kier alpha value is -1.39. The number of likely N-dealkylation sites (tertiary alicyclic amines) is 1. The van der Waals surface area contributed by atoms with Crippen LogP contribution in [0.4, 0.5) is 0 Å². The number of hydrogen-bond acceptors (Lipinski definition) is 3. The first kappa shape index (κ1) is 13.1. The van der Waals surface area contributed by atoms with E-state index in [0.29, 0.717) is 12.5 Å².